The molecule has 1 atom stereocenters. The predicted molar refractivity (Wildman–Crippen MR) is 75.4 cm³/mol. The Morgan fingerprint density at radius 2 is 2.26 bits per heavy atom. The molecule has 0 amide bonds. The van der Waals surface area contributed by atoms with Gasteiger partial charge in [-0.3, -0.25) is 9.88 Å². The van der Waals surface area contributed by atoms with E-state index in [4.69, 9.17) is 0 Å². The second-order valence-electron chi connectivity index (χ2n) is 5.06. The van der Waals surface area contributed by atoms with Gasteiger partial charge in [0.1, 0.15) is 0 Å². The maximum Gasteiger partial charge on any atom is 0.208 e. The molecule has 1 aliphatic heterocycles. The molecule has 1 saturated heterocycles. The van der Waals surface area contributed by atoms with Gasteiger partial charge in [0, 0.05) is 18.8 Å². The van der Waals surface area contributed by atoms with Crippen molar-refractivity contribution in [1.29, 1.82) is 0 Å². The third-order valence-electron chi connectivity index (χ3n) is 3.38. The van der Waals surface area contributed by atoms with Crippen molar-refractivity contribution in [2.45, 2.75) is 25.8 Å². The van der Waals surface area contributed by atoms with Crippen LogP contribution in [0.15, 0.2) is 18.2 Å². The third kappa shape index (κ3) is 4.26. The number of nitrogens with one attached hydrogen (secondary N) is 1. The zero-order chi connectivity index (χ0) is 13.9. The lowest BCUT2D eigenvalue weighted by molar-refractivity contribution is 0.257. The van der Waals surface area contributed by atoms with Gasteiger partial charge in [-0.2, -0.15) is 0 Å². The molecule has 0 aromatic carbocycles. The van der Waals surface area contributed by atoms with Crippen LogP contribution >= 0.6 is 0 Å². The first-order valence-electron chi connectivity index (χ1n) is 6.58. The van der Waals surface area contributed by atoms with E-state index in [0.29, 0.717) is 12.6 Å². The van der Waals surface area contributed by atoms with Crippen LogP contribution in [-0.2, 0) is 10.0 Å². The van der Waals surface area contributed by atoms with Crippen molar-refractivity contribution in [1.82, 2.24) is 14.6 Å². The summed E-state index contributed by atoms with van der Waals surface area (Å²) >= 11 is 0. The Hall–Kier alpha value is -0.980. The highest BCUT2D eigenvalue weighted by molar-refractivity contribution is 7.88. The normalized spacial score (nSPS) is 20.8. The lowest BCUT2D eigenvalue weighted by Gasteiger charge is -2.24. The maximum atomic E-state index is 11.1. The van der Waals surface area contributed by atoms with E-state index in [1.54, 1.807) is 0 Å². The smallest absolute Gasteiger partial charge is 0.208 e. The van der Waals surface area contributed by atoms with E-state index in [-0.39, 0.29) is 0 Å². The van der Waals surface area contributed by atoms with Gasteiger partial charge in [-0.25, -0.2) is 13.1 Å². The van der Waals surface area contributed by atoms with Crippen LogP contribution in [0.2, 0.25) is 0 Å². The van der Waals surface area contributed by atoms with Gasteiger partial charge < -0.3 is 0 Å². The molecule has 1 aromatic rings. The number of aryl methyl sites for hydroxylation is 1. The zero-order valence-corrected chi connectivity index (χ0v) is 12.3. The zero-order valence-electron chi connectivity index (χ0n) is 11.5. The fraction of sp³-hybridized carbons (Fsp3) is 0.615. The molecular formula is C13H21N3O2S. The van der Waals surface area contributed by atoms with E-state index in [9.17, 15) is 8.42 Å². The van der Waals surface area contributed by atoms with E-state index >= 15 is 0 Å². The van der Waals surface area contributed by atoms with Crippen LogP contribution in [0.3, 0.4) is 0 Å². The van der Waals surface area contributed by atoms with Crippen LogP contribution in [0, 0.1) is 6.92 Å². The fourth-order valence-electron chi connectivity index (χ4n) is 2.55. The van der Waals surface area contributed by atoms with Crippen LogP contribution in [0.4, 0.5) is 0 Å². The number of hydrogen-bond donors (Lipinski definition) is 1. The lowest BCUT2D eigenvalue weighted by Crippen LogP contribution is -2.34. The molecule has 19 heavy (non-hydrogen) atoms. The number of sulfonamides is 1. The summed E-state index contributed by atoms with van der Waals surface area (Å²) in [6, 6.07) is 6.40. The SMILES string of the molecule is Cc1cccc([C@@H]2CCCN2CCNS(C)(=O)=O)n1. The highest BCUT2D eigenvalue weighted by Crippen LogP contribution is 2.30. The number of aromatic nitrogens is 1. The fourth-order valence-corrected chi connectivity index (χ4v) is 3.02. The second kappa shape index (κ2) is 5.98. The average molecular weight is 283 g/mol. The van der Waals surface area contributed by atoms with Crippen LogP contribution in [0.25, 0.3) is 0 Å². The van der Waals surface area contributed by atoms with Crippen molar-refractivity contribution in [3.8, 4) is 0 Å². The van der Waals surface area contributed by atoms with E-state index in [2.05, 4.69) is 20.7 Å². The summed E-state index contributed by atoms with van der Waals surface area (Å²) in [5.41, 5.74) is 2.12. The number of hydrogen-bond acceptors (Lipinski definition) is 4. The number of rotatable bonds is 5. The van der Waals surface area contributed by atoms with Crippen molar-refractivity contribution < 1.29 is 8.42 Å². The summed E-state index contributed by atoms with van der Waals surface area (Å²) in [4.78, 5) is 6.89. The first-order chi connectivity index (χ1) is 8.96. The lowest BCUT2D eigenvalue weighted by atomic mass is 10.1. The minimum atomic E-state index is -3.10. The van der Waals surface area contributed by atoms with Crippen molar-refractivity contribution in [2.24, 2.45) is 0 Å². The van der Waals surface area contributed by atoms with Crippen molar-refractivity contribution in [3.63, 3.8) is 0 Å². The molecule has 1 aliphatic rings. The van der Waals surface area contributed by atoms with Crippen LogP contribution in [-0.4, -0.2) is 44.2 Å². The molecule has 6 heteroatoms. The van der Waals surface area contributed by atoms with Gasteiger partial charge in [-0.05, 0) is 38.4 Å². The third-order valence-corrected chi connectivity index (χ3v) is 4.11. The quantitative estimate of drug-likeness (QED) is 0.878. The Labute approximate surface area is 115 Å². The number of likely N-dealkylation sites (tertiary alicyclic amines) is 1. The molecule has 0 saturated carbocycles. The standard InChI is InChI=1S/C13H21N3O2S/c1-11-5-3-6-12(15-11)13-7-4-9-16(13)10-8-14-19(2,17)18/h3,5-6,13-14H,4,7-10H2,1-2H3/t13-/m0/s1. The molecule has 1 fully saturated rings. The van der Waals surface area contributed by atoms with Crippen molar-refractivity contribution in [3.05, 3.63) is 29.6 Å². The van der Waals surface area contributed by atoms with Gasteiger partial charge in [-0.15, -0.1) is 0 Å². The summed E-state index contributed by atoms with van der Waals surface area (Å²) in [5.74, 6) is 0. The largest absolute Gasteiger partial charge is 0.293 e. The van der Waals surface area contributed by atoms with E-state index in [1.807, 2.05) is 19.1 Å². The summed E-state index contributed by atoms with van der Waals surface area (Å²) in [7, 11) is -3.10. The molecular weight excluding hydrogens is 262 g/mol. The van der Waals surface area contributed by atoms with Gasteiger partial charge in [0.15, 0.2) is 0 Å². The topological polar surface area (TPSA) is 62.3 Å². The average Bonchev–Trinajstić information content (AvgIpc) is 2.75. The first kappa shape index (κ1) is 14.4. The number of pyridine rings is 1. The Kier molecular flexibility index (Phi) is 4.54. The Morgan fingerprint density at radius 3 is 2.95 bits per heavy atom. The monoisotopic (exact) mass is 283 g/mol. The molecule has 5 nitrogen and oxygen atoms in total. The maximum absolute atomic E-state index is 11.1. The summed E-state index contributed by atoms with van der Waals surface area (Å²) < 4.78 is 24.7. The van der Waals surface area contributed by atoms with Gasteiger partial charge in [0.25, 0.3) is 0 Å². The van der Waals surface area contributed by atoms with Gasteiger partial charge in [0.05, 0.1) is 18.0 Å². The molecule has 2 heterocycles. The highest BCUT2D eigenvalue weighted by Gasteiger charge is 2.26. The molecule has 0 aliphatic carbocycles. The van der Waals surface area contributed by atoms with E-state index in [0.717, 1.165) is 37.3 Å². The molecule has 0 unspecified atom stereocenters. The molecule has 0 radical (unpaired) electrons. The van der Waals surface area contributed by atoms with Crippen LogP contribution in [0.1, 0.15) is 30.3 Å². The molecule has 1 N–H and O–H groups in total. The minimum Gasteiger partial charge on any atom is -0.293 e. The summed E-state index contributed by atoms with van der Waals surface area (Å²) in [5, 5.41) is 0. The first-order valence-corrected chi connectivity index (χ1v) is 8.47. The van der Waals surface area contributed by atoms with Crippen LogP contribution in [0.5, 0.6) is 0 Å². The molecule has 2 rings (SSSR count). The van der Waals surface area contributed by atoms with E-state index in [1.165, 1.54) is 6.26 Å². The molecule has 0 spiro atoms. The Morgan fingerprint density at radius 1 is 1.47 bits per heavy atom. The minimum absolute atomic E-state index is 0.321. The molecule has 106 valence electrons. The van der Waals surface area contributed by atoms with Gasteiger partial charge >= 0.3 is 0 Å². The Bertz CT molecular complexity index is 530. The van der Waals surface area contributed by atoms with E-state index < -0.39 is 10.0 Å². The van der Waals surface area contributed by atoms with Crippen molar-refractivity contribution in [2.75, 3.05) is 25.9 Å². The number of nitrogens with zero attached hydrogens (tertiary/aromatic N) is 2. The molecule has 1 aromatic heterocycles. The summed E-state index contributed by atoms with van der Waals surface area (Å²) in [6.07, 6.45) is 3.42. The highest BCUT2D eigenvalue weighted by atomic mass is 32.2. The van der Waals surface area contributed by atoms with Crippen LogP contribution < -0.4 is 4.72 Å². The van der Waals surface area contributed by atoms with Gasteiger partial charge in [-0.1, -0.05) is 6.07 Å². The Balaban J connectivity index is 1.97. The second-order valence-corrected chi connectivity index (χ2v) is 6.90. The molecule has 0 bridgehead atoms. The van der Waals surface area contributed by atoms with Gasteiger partial charge in [0.2, 0.25) is 10.0 Å². The van der Waals surface area contributed by atoms with Crippen molar-refractivity contribution >= 4 is 10.0 Å². The summed E-state index contributed by atoms with van der Waals surface area (Å²) in [6.45, 7) is 4.19. The predicted octanol–water partition coefficient (Wildman–Crippen LogP) is 1.08.